The molecule has 1 aromatic carbocycles. The molecule has 3 nitrogen and oxygen atoms in total. The first-order valence-electron chi connectivity index (χ1n) is 7.02. The normalized spacial score (nSPS) is 14.7. The Morgan fingerprint density at radius 3 is 2.57 bits per heavy atom. The van der Waals surface area contributed by atoms with Crippen LogP contribution < -0.4 is 0 Å². The molecule has 0 amide bonds. The molecule has 0 spiro atoms. The van der Waals surface area contributed by atoms with Gasteiger partial charge in [-0.05, 0) is 43.4 Å². The number of hydrogen-bond acceptors (Lipinski definition) is 3. The quantitative estimate of drug-likeness (QED) is 0.695. The van der Waals surface area contributed by atoms with Crippen molar-refractivity contribution in [3.8, 4) is 0 Å². The number of benzene rings is 1. The standard InChI is InChI=1S/C16H18ClFN2OSSi/c1-23(2,3)20-22(21,16-8-10-19-12-15(16)18)11-9-13-6-4-5-7-14(13)17/h4-12H,1-3H3/b11-9+. The number of rotatable bonds is 4. The molecule has 2 aromatic rings. The van der Waals surface area contributed by atoms with Crippen molar-refractivity contribution in [2.75, 3.05) is 0 Å². The van der Waals surface area contributed by atoms with Gasteiger partial charge in [0, 0.05) is 16.6 Å². The van der Waals surface area contributed by atoms with Gasteiger partial charge in [0.25, 0.3) is 0 Å². The Kier molecular flexibility index (Phi) is 5.39. The van der Waals surface area contributed by atoms with Gasteiger partial charge in [-0.2, -0.15) is 0 Å². The van der Waals surface area contributed by atoms with E-state index in [2.05, 4.69) is 9.01 Å². The van der Waals surface area contributed by atoms with E-state index in [9.17, 15) is 8.60 Å². The first-order valence-corrected chi connectivity index (χ1v) is 12.4. The molecular weight excluding hydrogens is 351 g/mol. The van der Waals surface area contributed by atoms with E-state index in [4.69, 9.17) is 11.6 Å². The largest absolute Gasteiger partial charge is 0.271 e. The molecule has 0 aliphatic heterocycles. The highest BCUT2D eigenvalue weighted by Crippen LogP contribution is 2.24. The molecule has 0 fully saturated rings. The van der Waals surface area contributed by atoms with Gasteiger partial charge < -0.3 is 0 Å². The van der Waals surface area contributed by atoms with Gasteiger partial charge in [-0.1, -0.05) is 29.8 Å². The predicted molar refractivity (Wildman–Crippen MR) is 96.9 cm³/mol. The van der Waals surface area contributed by atoms with Gasteiger partial charge in [0.2, 0.25) is 0 Å². The lowest BCUT2D eigenvalue weighted by Crippen LogP contribution is -2.19. The fourth-order valence-electron chi connectivity index (χ4n) is 1.94. The third-order valence-electron chi connectivity index (χ3n) is 2.80. The zero-order valence-electron chi connectivity index (χ0n) is 13.2. The van der Waals surface area contributed by atoms with E-state index < -0.39 is 23.8 Å². The van der Waals surface area contributed by atoms with Crippen molar-refractivity contribution >= 4 is 35.6 Å². The van der Waals surface area contributed by atoms with Gasteiger partial charge in [0.05, 0.1) is 20.8 Å². The molecule has 1 atom stereocenters. The zero-order valence-corrected chi connectivity index (χ0v) is 15.7. The second-order valence-corrected chi connectivity index (χ2v) is 13.3. The first-order chi connectivity index (χ1) is 10.7. The second-order valence-electron chi connectivity index (χ2n) is 5.96. The zero-order chi connectivity index (χ0) is 17.1. The molecule has 0 radical (unpaired) electrons. The molecular formula is C16H18ClFN2OSSi. The van der Waals surface area contributed by atoms with Crippen molar-refractivity contribution in [3.63, 3.8) is 0 Å². The summed E-state index contributed by atoms with van der Waals surface area (Å²) in [6.45, 7) is 5.86. The number of hydrogen-bond donors (Lipinski definition) is 0. The van der Waals surface area contributed by atoms with E-state index in [1.165, 1.54) is 17.7 Å². The van der Waals surface area contributed by atoms with Gasteiger partial charge in [0.1, 0.15) is 0 Å². The third kappa shape index (κ3) is 4.73. The highest BCUT2D eigenvalue weighted by Gasteiger charge is 2.21. The summed E-state index contributed by atoms with van der Waals surface area (Å²) in [6, 6.07) is 8.60. The molecule has 2 rings (SSSR count). The fraction of sp³-hybridized carbons (Fsp3) is 0.188. The minimum atomic E-state index is -3.04. The summed E-state index contributed by atoms with van der Waals surface area (Å²) in [5.41, 5.74) is 0.710. The molecule has 0 N–H and O–H groups in total. The Balaban J connectivity index is 2.62. The van der Waals surface area contributed by atoms with Crippen molar-refractivity contribution in [3.05, 3.63) is 64.5 Å². The molecule has 1 aromatic heterocycles. The van der Waals surface area contributed by atoms with E-state index >= 15 is 0 Å². The maximum atomic E-state index is 14.1. The molecule has 0 aliphatic carbocycles. The first kappa shape index (κ1) is 17.8. The maximum absolute atomic E-state index is 14.1. The second kappa shape index (κ2) is 6.94. The maximum Gasteiger partial charge on any atom is 0.185 e. The molecule has 7 heteroatoms. The summed E-state index contributed by atoms with van der Waals surface area (Å²) in [6.07, 6.45) is 4.10. The van der Waals surface area contributed by atoms with Crippen LogP contribution in [-0.4, -0.2) is 17.4 Å². The van der Waals surface area contributed by atoms with Crippen molar-refractivity contribution in [2.24, 2.45) is 4.03 Å². The Morgan fingerprint density at radius 2 is 1.96 bits per heavy atom. The Labute approximate surface area is 142 Å². The van der Waals surface area contributed by atoms with Gasteiger partial charge >= 0.3 is 0 Å². The van der Waals surface area contributed by atoms with Gasteiger partial charge in [-0.25, -0.2) is 8.60 Å². The summed E-state index contributed by atoms with van der Waals surface area (Å²) in [5, 5.41) is 1.99. The van der Waals surface area contributed by atoms with E-state index in [0.717, 1.165) is 6.20 Å². The van der Waals surface area contributed by atoms with E-state index in [1.807, 2.05) is 31.8 Å². The Hall–Kier alpha value is -1.50. The topological polar surface area (TPSA) is 42.3 Å². The van der Waals surface area contributed by atoms with E-state index in [-0.39, 0.29) is 4.90 Å². The molecule has 0 saturated heterocycles. The van der Waals surface area contributed by atoms with Crippen molar-refractivity contribution in [2.45, 2.75) is 24.5 Å². The summed E-state index contributed by atoms with van der Waals surface area (Å²) in [5.74, 6) is -0.622. The number of aromatic nitrogens is 1. The van der Waals surface area contributed by atoms with Crippen LogP contribution >= 0.6 is 11.6 Å². The van der Waals surface area contributed by atoms with E-state index in [1.54, 1.807) is 18.2 Å². The highest BCUT2D eigenvalue weighted by molar-refractivity contribution is 7.97. The SMILES string of the molecule is C[Si](C)(C)N=S(=O)(/C=C/c1ccccc1Cl)c1ccncc1F. The fourth-order valence-corrected chi connectivity index (χ4v) is 7.09. The van der Waals surface area contributed by atoms with Crippen LogP contribution in [0.2, 0.25) is 24.7 Å². The van der Waals surface area contributed by atoms with Crippen LogP contribution in [-0.2, 0) is 9.73 Å². The van der Waals surface area contributed by atoms with Crippen molar-refractivity contribution in [1.82, 2.24) is 4.98 Å². The van der Waals surface area contributed by atoms with Crippen LogP contribution in [0.3, 0.4) is 0 Å². The molecule has 1 heterocycles. The van der Waals surface area contributed by atoms with Crippen LogP contribution in [0.1, 0.15) is 5.56 Å². The lowest BCUT2D eigenvalue weighted by Gasteiger charge is -2.14. The van der Waals surface area contributed by atoms with Crippen LogP contribution in [0.15, 0.2) is 57.1 Å². The lowest BCUT2D eigenvalue weighted by molar-refractivity contribution is 0.588. The molecule has 23 heavy (non-hydrogen) atoms. The summed E-state index contributed by atoms with van der Waals surface area (Å²) >= 11 is 6.11. The third-order valence-corrected chi connectivity index (χ3v) is 7.88. The van der Waals surface area contributed by atoms with Crippen LogP contribution in [0, 0.1) is 5.82 Å². The van der Waals surface area contributed by atoms with E-state index in [0.29, 0.717) is 10.6 Å². The predicted octanol–water partition coefficient (Wildman–Crippen LogP) is 5.21. The highest BCUT2D eigenvalue weighted by atomic mass is 35.5. The van der Waals surface area contributed by atoms with Crippen LogP contribution in [0.25, 0.3) is 6.08 Å². The summed E-state index contributed by atoms with van der Waals surface area (Å²) in [7, 11) is -5.11. The van der Waals surface area contributed by atoms with Crippen molar-refractivity contribution in [1.29, 1.82) is 0 Å². The molecule has 0 bridgehead atoms. The smallest absolute Gasteiger partial charge is 0.185 e. The minimum Gasteiger partial charge on any atom is -0.271 e. The number of nitrogens with zero attached hydrogens (tertiary/aromatic N) is 2. The lowest BCUT2D eigenvalue weighted by atomic mass is 10.2. The number of halogens is 2. The summed E-state index contributed by atoms with van der Waals surface area (Å²) in [4.78, 5) is 3.77. The number of pyridine rings is 1. The van der Waals surface area contributed by atoms with Gasteiger partial charge in [0.15, 0.2) is 14.1 Å². The molecule has 122 valence electrons. The van der Waals surface area contributed by atoms with Crippen molar-refractivity contribution < 1.29 is 8.60 Å². The Morgan fingerprint density at radius 1 is 1.26 bits per heavy atom. The van der Waals surface area contributed by atoms with Gasteiger partial charge in [-0.15, -0.1) is 0 Å². The Bertz CT molecular complexity index is 855. The monoisotopic (exact) mass is 368 g/mol. The average molecular weight is 369 g/mol. The van der Waals surface area contributed by atoms with Gasteiger partial charge in [-0.3, -0.25) is 9.01 Å². The van der Waals surface area contributed by atoms with Crippen LogP contribution in [0.5, 0.6) is 0 Å². The summed E-state index contributed by atoms with van der Waals surface area (Å²) < 4.78 is 32.0. The molecule has 1 unspecified atom stereocenters. The van der Waals surface area contributed by atoms with Crippen LogP contribution in [0.4, 0.5) is 4.39 Å². The molecule has 0 aliphatic rings. The average Bonchev–Trinajstić information content (AvgIpc) is 2.45. The minimum absolute atomic E-state index is 0.0539. The molecule has 0 saturated carbocycles.